The van der Waals surface area contributed by atoms with Crippen molar-refractivity contribution in [3.05, 3.63) is 94.1 Å². The van der Waals surface area contributed by atoms with Gasteiger partial charge in [0, 0.05) is 24.3 Å². The highest BCUT2D eigenvalue weighted by Crippen LogP contribution is 2.45. The zero-order chi connectivity index (χ0) is 26.1. The first-order valence-corrected chi connectivity index (χ1v) is 12.2. The molecule has 0 aromatic heterocycles. The number of hydrogen-bond acceptors (Lipinski definition) is 5. The van der Waals surface area contributed by atoms with Crippen molar-refractivity contribution in [1.29, 1.82) is 0 Å². The van der Waals surface area contributed by atoms with Gasteiger partial charge in [-0.25, -0.2) is 0 Å². The van der Waals surface area contributed by atoms with E-state index in [-0.39, 0.29) is 22.8 Å². The number of phenolic OH excluding ortho intramolecular Hbond substituents is 1. The summed E-state index contributed by atoms with van der Waals surface area (Å²) in [6, 6.07) is 17.1. The van der Waals surface area contributed by atoms with Crippen LogP contribution in [0.3, 0.4) is 0 Å². The summed E-state index contributed by atoms with van der Waals surface area (Å²) in [5.41, 5.74) is 5.23. The number of anilines is 2. The number of ketones is 1. The zero-order valence-electron chi connectivity index (χ0n) is 21.4. The Hall–Kier alpha value is -4.06. The average Bonchev–Trinajstić information content (AvgIpc) is 3.13. The van der Waals surface area contributed by atoms with Crippen LogP contribution < -0.4 is 9.80 Å². The number of amides is 1. The summed E-state index contributed by atoms with van der Waals surface area (Å²) in [6.07, 6.45) is 0. The number of aromatic hydroxyl groups is 1. The molecule has 4 rings (SSSR count). The van der Waals surface area contributed by atoms with Crippen LogP contribution in [0.25, 0.3) is 5.76 Å². The van der Waals surface area contributed by atoms with Gasteiger partial charge in [0.1, 0.15) is 11.5 Å². The first kappa shape index (κ1) is 25.0. The molecule has 0 spiro atoms. The predicted octanol–water partition coefficient (Wildman–Crippen LogP) is 5.79. The standard InChI is InChI=1S/C30H32N2O4/c1-6-31(7-2)23-13-11-21(12-14-23)27-26(28(34)22-10-9-19(4)20(5)17-22)29(35)30(36)32(27)24-16-18(3)8-15-25(24)33/h8-17,27,33-34H,6-7H2,1-5H3/b28-26-. The SMILES string of the molecule is CCN(CC)c1ccc(C2/C(=C(/O)c3ccc(C)c(C)c3)C(=O)C(=O)N2c2cc(C)ccc2O)cc1. The summed E-state index contributed by atoms with van der Waals surface area (Å²) < 4.78 is 0. The number of aliphatic hydroxyl groups excluding tert-OH is 1. The number of Topliss-reactive ketones (excluding diaryl/α,β-unsaturated/α-hetero) is 1. The number of hydrogen-bond donors (Lipinski definition) is 2. The van der Waals surface area contributed by atoms with Gasteiger partial charge < -0.3 is 15.1 Å². The molecule has 1 saturated heterocycles. The van der Waals surface area contributed by atoms with Crippen LogP contribution >= 0.6 is 0 Å². The van der Waals surface area contributed by atoms with Gasteiger partial charge in [-0.15, -0.1) is 0 Å². The van der Waals surface area contributed by atoms with E-state index in [0.717, 1.165) is 35.5 Å². The first-order chi connectivity index (χ1) is 17.2. The zero-order valence-corrected chi connectivity index (χ0v) is 21.4. The second kappa shape index (κ2) is 9.90. The van der Waals surface area contributed by atoms with Crippen molar-refractivity contribution in [2.75, 3.05) is 22.9 Å². The molecule has 186 valence electrons. The van der Waals surface area contributed by atoms with Gasteiger partial charge >= 0.3 is 0 Å². The minimum absolute atomic E-state index is 0.000233. The topological polar surface area (TPSA) is 81.1 Å². The summed E-state index contributed by atoms with van der Waals surface area (Å²) >= 11 is 0. The van der Waals surface area contributed by atoms with E-state index in [4.69, 9.17) is 0 Å². The lowest BCUT2D eigenvalue weighted by atomic mass is 9.94. The Balaban J connectivity index is 1.94. The fraction of sp³-hybridized carbons (Fsp3) is 0.267. The smallest absolute Gasteiger partial charge is 0.300 e. The number of carbonyl (C=O) groups is 2. The molecule has 0 bridgehead atoms. The Morgan fingerprint density at radius 3 is 2.17 bits per heavy atom. The summed E-state index contributed by atoms with van der Waals surface area (Å²) in [4.78, 5) is 30.3. The van der Waals surface area contributed by atoms with E-state index in [0.29, 0.717) is 11.1 Å². The molecule has 2 N–H and O–H groups in total. The van der Waals surface area contributed by atoms with Crippen LogP contribution in [0.5, 0.6) is 5.75 Å². The third-order valence-electron chi connectivity index (χ3n) is 6.95. The molecule has 6 nitrogen and oxygen atoms in total. The molecule has 1 aliphatic rings. The molecule has 1 fully saturated rings. The lowest BCUT2D eigenvalue weighted by molar-refractivity contribution is -0.132. The first-order valence-electron chi connectivity index (χ1n) is 12.2. The molecule has 0 aliphatic carbocycles. The van der Waals surface area contributed by atoms with E-state index >= 15 is 0 Å². The van der Waals surface area contributed by atoms with E-state index in [1.807, 2.05) is 57.2 Å². The fourth-order valence-electron chi connectivity index (χ4n) is 4.72. The molecule has 0 saturated carbocycles. The largest absolute Gasteiger partial charge is 0.507 e. The number of rotatable bonds is 6. The molecular weight excluding hydrogens is 452 g/mol. The van der Waals surface area contributed by atoms with Gasteiger partial charge in [-0.1, -0.05) is 30.3 Å². The van der Waals surface area contributed by atoms with Crippen molar-refractivity contribution < 1.29 is 19.8 Å². The van der Waals surface area contributed by atoms with E-state index in [2.05, 4.69) is 18.7 Å². The number of phenols is 1. The Bertz CT molecular complexity index is 1350. The van der Waals surface area contributed by atoms with E-state index < -0.39 is 17.7 Å². The molecule has 1 atom stereocenters. The summed E-state index contributed by atoms with van der Waals surface area (Å²) in [5.74, 6) is -1.93. The van der Waals surface area contributed by atoms with Gasteiger partial charge in [0.15, 0.2) is 0 Å². The highest BCUT2D eigenvalue weighted by Gasteiger charge is 2.47. The van der Waals surface area contributed by atoms with Crippen LogP contribution in [0.2, 0.25) is 0 Å². The van der Waals surface area contributed by atoms with Gasteiger partial charge in [-0.2, -0.15) is 0 Å². The Kier molecular flexibility index (Phi) is 6.88. The molecule has 3 aromatic carbocycles. The van der Waals surface area contributed by atoms with E-state index in [9.17, 15) is 19.8 Å². The fourth-order valence-corrected chi connectivity index (χ4v) is 4.72. The normalized spacial score (nSPS) is 17.0. The third kappa shape index (κ3) is 4.35. The molecule has 1 unspecified atom stereocenters. The Morgan fingerprint density at radius 1 is 0.889 bits per heavy atom. The third-order valence-corrected chi connectivity index (χ3v) is 6.95. The predicted molar refractivity (Wildman–Crippen MR) is 144 cm³/mol. The molecule has 1 amide bonds. The highest BCUT2D eigenvalue weighted by atomic mass is 16.3. The van der Waals surface area contributed by atoms with Crippen LogP contribution in [0.15, 0.2) is 66.2 Å². The van der Waals surface area contributed by atoms with E-state index in [1.54, 1.807) is 18.2 Å². The minimum Gasteiger partial charge on any atom is -0.507 e. The molecule has 1 heterocycles. The molecule has 6 heteroatoms. The lowest BCUT2D eigenvalue weighted by Gasteiger charge is -2.27. The van der Waals surface area contributed by atoms with Crippen molar-refractivity contribution in [3.8, 4) is 5.75 Å². The molecular formula is C30H32N2O4. The minimum atomic E-state index is -0.898. The summed E-state index contributed by atoms with van der Waals surface area (Å²) in [6.45, 7) is 11.6. The monoisotopic (exact) mass is 484 g/mol. The van der Waals surface area contributed by atoms with Crippen LogP contribution in [0, 0.1) is 20.8 Å². The maximum Gasteiger partial charge on any atom is 0.300 e. The molecule has 3 aromatic rings. The number of nitrogens with zero attached hydrogens (tertiary/aromatic N) is 2. The Labute approximate surface area is 212 Å². The maximum atomic E-state index is 13.4. The van der Waals surface area contributed by atoms with Crippen molar-refractivity contribution in [2.24, 2.45) is 0 Å². The van der Waals surface area contributed by atoms with Crippen LogP contribution in [0.4, 0.5) is 11.4 Å². The second-order valence-electron chi connectivity index (χ2n) is 9.22. The number of aliphatic hydroxyl groups is 1. The molecule has 1 aliphatic heterocycles. The summed E-state index contributed by atoms with van der Waals surface area (Å²) in [5, 5.41) is 22.0. The Morgan fingerprint density at radius 2 is 1.56 bits per heavy atom. The summed E-state index contributed by atoms with van der Waals surface area (Å²) in [7, 11) is 0. The van der Waals surface area contributed by atoms with Crippen LogP contribution in [-0.4, -0.2) is 35.0 Å². The van der Waals surface area contributed by atoms with Crippen molar-refractivity contribution in [2.45, 2.75) is 40.7 Å². The van der Waals surface area contributed by atoms with Gasteiger partial charge in [0.2, 0.25) is 0 Å². The van der Waals surface area contributed by atoms with E-state index in [1.165, 1.54) is 11.0 Å². The van der Waals surface area contributed by atoms with Crippen molar-refractivity contribution in [1.82, 2.24) is 0 Å². The van der Waals surface area contributed by atoms with Gasteiger partial charge in [-0.3, -0.25) is 14.5 Å². The number of benzene rings is 3. The quantitative estimate of drug-likeness (QED) is 0.263. The number of aryl methyl sites for hydroxylation is 3. The van der Waals surface area contributed by atoms with Crippen molar-refractivity contribution >= 4 is 28.8 Å². The molecule has 36 heavy (non-hydrogen) atoms. The highest BCUT2D eigenvalue weighted by molar-refractivity contribution is 6.52. The van der Waals surface area contributed by atoms with Crippen LogP contribution in [0.1, 0.15) is 47.7 Å². The molecule has 0 radical (unpaired) electrons. The average molecular weight is 485 g/mol. The van der Waals surface area contributed by atoms with Gasteiger partial charge in [0.05, 0.1) is 17.3 Å². The van der Waals surface area contributed by atoms with Gasteiger partial charge in [-0.05, 0) is 87.2 Å². The van der Waals surface area contributed by atoms with Gasteiger partial charge in [0.25, 0.3) is 11.7 Å². The van der Waals surface area contributed by atoms with Crippen molar-refractivity contribution in [3.63, 3.8) is 0 Å². The second-order valence-corrected chi connectivity index (χ2v) is 9.22. The van der Waals surface area contributed by atoms with Crippen LogP contribution in [-0.2, 0) is 9.59 Å². The lowest BCUT2D eigenvalue weighted by Crippen LogP contribution is -2.29. The maximum absolute atomic E-state index is 13.4. The number of carbonyl (C=O) groups excluding carboxylic acids is 2.